The highest BCUT2D eigenvalue weighted by Gasteiger charge is 2.30. The molecule has 0 radical (unpaired) electrons. The standard InChI is InChI=1S/C14H17N3O3/c15-14(20)17-8-11(9-17)16-13(19)7-6-12(18)10-4-2-1-3-5-10/h1-5,11H,6-9H2,(H2,15,20)(H,16,19). The summed E-state index contributed by atoms with van der Waals surface area (Å²) in [6.45, 7) is 0.876. The number of urea groups is 1. The molecule has 0 aromatic heterocycles. The first-order chi connectivity index (χ1) is 9.56. The minimum Gasteiger partial charge on any atom is -0.351 e. The number of carbonyl (C=O) groups is 3. The highest BCUT2D eigenvalue weighted by atomic mass is 16.2. The summed E-state index contributed by atoms with van der Waals surface area (Å²) in [6, 6.07) is 8.36. The molecule has 0 atom stereocenters. The zero-order valence-electron chi connectivity index (χ0n) is 11.0. The van der Waals surface area contributed by atoms with Gasteiger partial charge in [-0.1, -0.05) is 30.3 Å². The molecule has 3 N–H and O–H groups in total. The quantitative estimate of drug-likeness (QED) is 0.768. The third-order valence-corrected chi connectivity index (χ3v) is 3.23. The van der Waals surface area contributed by atoms with Gasteiger partial charge in [-0.15, -0.1) is 0 Å². The fourth-order valence-corrected chi connectivity index (χ4v) is 2.05. The van der Waals surface area contributed by atoms with E-state index >= 15 is 0 Å². The molecule has 1 aromatic rings. The van der Waals surface area contributed by atoms with Crippen LogP contribution < -0.4 is 11.1 Å². The van der Waals surface area contributed by atoms with Gasteiger partial charge >= 0.3 is 6.03 Å². The molecule has 106 valence electrons. The van der Waals surface area contributed by atoms with Gasteiger partial charge in [-0.05, 0) is 0 Å². The van der Waals surface area contributed by atoms with E-state index in [1.807, 2.05) is 6.07 Å². The Morgan fingerprint density at radius 1 is 1.15 bits per heavy atom. The Morgan fingerprint density at radius 2 is 1.80 bits per heavy atom. The van der Waals surface area contributed by atoms with E-state index in [0.29, 0.717) is 18.7 Å². The fourth-order valence-electron chi connectivity index (χ4n) is 2.05. The van der Waals surface area contributed by atoms with Crippen LogP contribution in [0.1, 0.15) is 23.2 Å². The van der Waals surface area contributed by atoms with Crippen LogP contribution in [0.15, 0.2) is 30.3 Å². The Morgan fingerprint density at radius 3 is 2.40 bits per heavy atom. The maximum absolute atomic E-state index is 11.8. The zero-order chi connectivity index (χ0) is 14.5. The van der Waals surface area contributed by atoms with Crippen LogP contribution in [-0.2, 0) is 4.79 Å². The largest absolute Gasteiger partial charge is 0.351 e. The number of Topliss-reactive ketones (excluding diaryl/α,β-unsaturated/α-hetero) is 1. The smallest absolute Gasteiger partial charge is 0.314 e. The van der Waals surface area contributed by atoms with Gasteiger partial charge in [0, 0.05) is 31.5 Å². The van der Waals surface area contributed by atoms with E-state index in [0.717, 1.165) is 0 Å². The van der Waals surface area contributed by atoms with Gasteiger partial charge in [0.1, 0.15) is 0 Å². The van der Waals surface area contributed by atoms with Crippen molar-refractivity contribution in [1.29, 1.82) is 0 Å². The maximum Gasteiger partial charge on any atom is 0.314 e. The van der Waals surface area contributed by atoms with Gasteiger partial charge in [0.05, 0.1) is 6.04 Å². The van der Waals surface area contributed by atoms with E-state index in [4.69, 9.17) is 5.73 Å². The minimum atomic E-state index is -0.477. The molecule has 2 rings (SSSR count). The molecule has 0 aliphatic carbocycles. The minimum absolute atomic E-state index is 0.0480. The molecular formula is C14H17N3O3. The number of carbonyl (C=O) groups excluding carboxylic acids is 3. The van der Waals surface area contributed by atoms with Crippen molar-refractivity contribution >= 4 is 17.7 Å². The van der Waals surface area contributed by atoms with E-state index in [2.05, 4.69) is 5.32 Å². The summed E-state index contributed by atoms with van der Waals surface area (Å²) in [7, 11) is 0. The van der Waals surface area contributed by atoms with Crippen molar-refractivity contribution in [3.05, 3.63) is 35.9 Å². The molecule has 0 unspecified atom stereocenters. The van der Waals surface area contributed by atoms with Crippen molar-refractivity contribution in [1.82, 2.24) is 10.2 Å². The fraction of sp³-hybridized carbons (Fsp3) is 0.357. The summed E-state index contributed by atoms with van der Waals surface area (Å²) in [6.07, 6.45) is 0.336. The molecule has 20 heavy (non-hydrogen) atoms. The van der Waals surface area contributed by atoms with Gasteiger partial charge in [0.25, 0.3) is 0 Å². The number of nitrogens with two attached hydrogens (primary N) is 1. The van der Waals surface area contributed by atoms with Crippen molar-refractivity contribution in [2.24, 2.45) is 5.73 Å². The predicted molar refractivity (Wildman–Crippen MR) is 73.1 cm³/mol. The van der Waals surface area contributed by atoms with Crippen molar-refractivity contribution < 1.29 is 14.4 Å². The number of ketones is 1. The van der Waals surface area contributed by atoms with E-state index in [1.54, 1.807) is 24.3 Å². The molecule has 1 aliphatic heterocycles. The van der Waals surface area contributed by atoms with Crippen molar-refractivity contribution in [3.63, 3.8) is 0 Å². The number of rotatable bonds is 5. The van der Waals surface area contributed by atoms with Gasteiger partial charge in [-0.25, -0.2) is 4.79 Å². The van der Waals surface area contributed by atoms with Gasteiger partial charge in [0.15, 0.2) is 5.78 Å². The molecule has 1 heterocycles. The van der Waals surface area contributed by atoms with Crippen LogP contribution >= 0.6 is 0 Å². The summed E-state index contributed by atoms with van der Waals surface area (Å²) in [5.41, 5.74) is 5.70. The molecule has 0 bridgehead atoms. The van der Waals surface area contributed by atoms with Gasteiger partial charge < -0.3 is 16.0 Å². The average molecular weight is 275 g/mol. The maximum atomic E-state index is 11.8. The molecular weight excluding hydrogens is 258 g/mol. The lowest BCUT2D eigenvalue weighted by Crippen LogP contribution is -2.62. The lowest BCUT2D eigenvalue weighted by Gasteiger charge is -2.38. The van der Waals surface area contributed by atoms with Crippen LogP contribution in [0.5, 0.6) is 0 Å². The van der Waals surface area contributed by atoms with E-state index in [9.17, 15) is 14.4 Å². The molecule has 3 amide bonds. The Balaban J connectivity index is 1.69. The highest BCUT2D eigenvalue weighted by molar-refractivity contribution is 5.97. The van der Waals surface area contributed by atoms with Gasteiger partial charge in [0.2, 0.25) is 5.91 Å². The summed E-state index contributed by atoms with van der Waals surface area (Å²) in [4.78, 5) is 35.7. The number of hydrogen-bond donors (Lipinski definition) is 2. The zero-order valence-corrected chi connectivity index (χ0v) is 11.0. The molecule has 0 spiro atoms. The van der Waals surface area contributed by atoms with Crippen LogP contribution in [0.25, 0.3) is 0 Å². The number of primary amides is 1. The molecule has 1 aliphatic rings. The Bertz CT molecular complexity index is 510. The first kappa shape index (κ1) is 14.0. The second kappa shape index (κ2) is 6.18. The number of nitrogens with one attached hydrogen (secondary N) is 1. The van der Waals surface area contributed by atoms with Gasteiger partial charge in [-0.2, -0.15) is 0 Å². The van der Waals surface area contributed by atoms with E-state index in [1.165, 1.54) is 4.90 Å². The van der Waals surface area contributed by atoms with Crippen LogP contribution in [0.4, 0.5) is 4.79 Å². The summed E-state index contributed by atoms with van der Waals surface area (Å²) < 4.78 is 0. The van der Waals surface area contributed by atoms with Crippen molar-refractivity contribution in [2.45, 2.75) is 18.9 Å². The molecule has 6 nitrogen and oxygen atoms in total. The van der Waals surface area contributed by atoms with E-state index in [-0.39, 0.29) is 30.6 Å². The Kier molecular flexibility index (Phi) is 4.34. The Hall–Kier alpha value is -2.37. The second-order valence-corrected chi connectivity index (χ2v) is 4.80. The van der Waals surface area contributed by atoms with Crippen molar-refractivity contribution in [3.8, 4) is 0 Å². The SMILES string of the molecule is NC(=O)N1CC(NC(=O)CCC(=O)c2ccccc2)C1. The molecule has 1 aromatic carbocycles. The third-order valence-electron chi connectivity index (χ3n) is 3.23. The first-order valence-electron chi connectivity index (χ1n) is 6.48. The number of amides is 3. The molecule has 6 heteroatoms. The molecule has 1 saturated heterocycles. The number of nitrogens with zero attached hydrogens (tertiary/aromatic N) is 1. The first-order valence-corrected chi connectivity index (χ1v) is 6.48. The number of likely N-dealkylation sites (tertiary alicyclic amines) is 1. The van der Waals surface area contributed by atoms with Crippen LogP contribution in [0.3, 0.4) is 0 Å². The summed E-state index contributed by atoms with van der Waals surface area (Å²) >= 11 is 0. The third kappa shape index (κ3) is 3.57. The topological polar surface area (TPSA) is 92.5 Å². The van der Waals surface area contributed by atoms with Gasteiger partial charge in [-0.3, -0.25) is 9.59 Å². The Labute approximate surface area is 116 Å². The average Bonchev–Trinajstić information content (AvgIpc) is 2.40. The lowest BCUT2D eigenvalue weighted by molar-refractivity contribution is -0.122. The molecule has 0 saturated carbocycles. The second-order valence-electron chi connectivity index (χ2n) is 4.80. The lowest BCUT2D eigenvalue weighted by atomic mass is 10.1. The number of benzene rings is 1. The normalized spacial score (nSPS) is 14.5. The van der Waals surface area contributed by atoms with Crippen LogP contribution in [0.2, 0.25) is 0 Å². The van der Waals surface area contributed by atoms with E-state index < -0.39 is 6.03 Å². The highest BCUT2D eigenvalue weighted by Crippen LogP contribution is 2.08. The van der Waals surface area contributed by atoms with Crippen LogP contribution in [0, 0.1) is 0 Å². The summed E-state index contributed by atoms with van der Waals surface area (Å²) in [5, 5.41) is 2.77. The number of hydrogen-bond acceptors (Lipinski definition) is 3. The van der Waals surface area contributed by atoms with Crippen molar-refractivity contribution in [2.75, 3.05) is 13.1 Å². The predicted octanol–water partition coefficient (Wildman–Crippen LogP) is 0.529. The molecule has 1 fully saturated rings. The summed E-state index contributed by atoms with van der Waals surface area (Å²) in [5.74, 6) is -0.225. The van der Waals surface area contributed by atoms with Crippen LogP contribution in [-0.4, -0.2) is 41.8 Å². The monoisotopic (exact) mass is 275 g/mol.